The number of hydrogen-bond acceptors (Lipinski definition) is 5. The SMILES string of the molecule is Cc1cccc(Cl)c1NC(=O)c1ccc2nc(NC(=O)NC3C(CO)C4CC[C@@H]3C4)sc2c1. The molecule has 9 heteroatoms. The van der Waals surface area contributed by atoms with Crippen LogP contribution in [0.3, 0.4) is 0 Å². The van der Waals surface area contributed by atoms with Gasteiger partial charge >= 0.3 is 6.03 Å². The molecule has 2 aromatic carbocycles. The molecular formula is C24H25ClN4O3S. The Kier molecular flexibility index (Phi) is 5.99. The van der Waals surface area contributed by atoms with Gasteiger partial charge in [-0.2, -0.15) is 0 Å². The highest BCUT2D eigenvalue weighted by Crippen LogP contribution is 2.48. The summed E-state index contributed by atoms with van der Waals surface area (Å²) in [5.41, 5.74) is 2.66. The zero-order chi connectivity index (χ0) is 23.1. The number of aromatic nitrogens is 1. The van der Waals surface area contributed by atoms with E-state index >= 15 is 0 Å². The molecule has 2 aliphatic rings. The van der Waals surface area contributed by atoms with Gasteiger partial charge in [0, 0.05) is 24.1 Å². The number of urea groups is 1. The Morgan fingerprint density at radius 2 is 2.00 bits per heavy atom. The number of para-hydroxylation sites is 1. The van der Waals surface area contributed by atoms with Crippen LogP contribution < -0.4 is 16.0 Å². The lowest BCUT2D eigenvalue weighted by Gasteiger charge is -2.30. The Balaban J connectivity index is 1.27. The molecule has 0 spiro atoms. The zero-order valence-electron chi connectivity index (χ0n) is 18.1. The van der Waals surface area contributed by atoms with Gasteiger partial charge in [0.25, 0.3) is 5.91 Å². The number of nitrogens with one attached hydrogen (secondary N) is 3. The normalized spacial score (nSPS) is 23.6. The highest BCUT2D eigenvalue weighted by atomic mass is 35.5. The van der Waals surface area contributed by atoms with Crippen molar-refractivity contribution in [3.63, 3.8) is 0 Å². The predicted octanol–water partition coefficient (Wildman–Crippen LogP) is 5.04. The number of anilines is 2. The van der Waals surface area contributed by atoms with Crippen LogP contribution >= 0.6 is 22.9 Å². The first-order valence-corrected chi connectivity index (χ1v) is 12.3. The van der Waals surface area contributed by atoms with Gasteiger partial charge in [0.15, 0.2) is 5.13 Å². The van der Waals surface area contributed by atoms with Crippen molar-refractivity contribution in [2.75, 3.05) is 17.2 Å². The van der Waals surface area contributed by atoms with Gasteiger partial charge in [0.1, 0.15) is 0 Å². The van der Waals surface area contributed by atoms with Crippen molar-refractivity contribution in [2.24, 2.45) is 17.8 Å². The Morgan fingerprint density at radius 3 is 2.79 bits per heavy atom. The summed E-state index contributed by atoms with van der Waals surface area (Å²) >= 11 is 7.54. The first kappa shape index (κ1) is 22.1. The third kappa shape index (κ3) is 4.30. The molecule has 2 saturated carbocycles. The zero-order valence-corrected chi connectivity index (χ0v) is 19.7. The highest BCUT2D eigenvalue weighted by molar-refractivity contribution is 7.22. The van der Waals surface area contributed by atoms with E-state index < -0.39 is 0 Å². The molecular weight excluding hydrogens is 460 g/mol. The number of aryl methyl sites for hydroxylation is 1. The second kappa shape index (κ2) is 8.93. The fraction of sp³-hybridized carbons (Fsp3) is 0.375. The van der Waals surface area contributed by atoms with Gasteiger partial charge in [-0.25, -0.2) is 9.78 Å². The van der Waals surface area contributed by atoms with E-state index in [1.807, 2.05) is 19.1 Å². The van der Waals surface area contributed by atoms with Crippen molar-refractivity contribution in [2.45, 2.75) is 32.2 Å². The molecule has 3 aromatic rings. The van der Waals surface area contributed by atoms with E-state index in [-0.39, 0.29) is 30.5 Å². The van der Waals surface area contributed by atoms with Crippen LogP contribution in [0.25, 0.3) is 10.2 Å². The van der Waals surface area contributed by atoms with E-state index in [1.165, 1.54) is 11.3 Å². The number of halogens is 1. The Bertz CT molecular complexity index is 1210. The lowest BCUT2D eigenvalue weighted by atomic mass is 9.85. The fourth-order valence-electron chi connectivity index (χ4n) is 5.28. The number of thiazole rings is 1. The van der Waals surface area contributed by atoms with E-state index in [4.69, 9.17) is 11.6 Å². The van der Waals surface area contributed by atoms with Crippen LogP contribution in [-0.2, 0) is 0 Å². The summed E-state index contributed by atoms with van der Waals surface area (Å²) in [7, 11) is 0. The van der Waals surface area contributed by atoms with Crippen molar-refractivity contribution in [1.29, 1.82) is 0 Å². The molecule has 0 radical (unpaired) electrons. The van der Waals surface area contributed by atoms with Crippen LogP contribution in [0.15, 0.2) is 36.4 Å². The largest absolute Gasteiger partial charge is 0.396 e. The molecule has 172 valence electrons. The van der Waals surface area contributed by atoms with Crippen LogP contribution in [0.1, 0.15) is 35.2 Å². The third-order valence-corrected chi connectivity index (χ3v) is 8.18. The Hall–Kier alpha value is -2.68. The molecule has 4 N–H and O–H groups in total. The summed E-state index contributed by atoms with van der Waals surface area (Å²) in [6.45, 7) is 1.99. The second-order valence-corrected chi connectivity index (χ2v) is 10.3. The quantitative estimate of drug-likeness (QED) is 0.407. The number of carbonyl (C=O) groups excluding carboxylic acids is 2. The highest BCUT2D eigenvalue weighted by Gasteiger charge is 2.47. The van der Waals surface area contributed by atoms with E-state index in [2.05, 4.69) is 20.9 Å². The molecule has 1 heterocycles. The van der Waals surface area contributed by atoms with E-state index in [1.54, 1.807) is 24.3 Å². The number of aliphatic hydroxyl groups excluding tert-OH is 1. The van der Waals surface area contributed by atoms with Gasteiger partial charge < -0.3 is 15.7 Å². The standard InChI is InChI=1S/C24H25ClN4O3S/c1-12-3-2-4-17(25)20(12)27-22(31)15-7-8-18-19(10-15)33-24(26-18)29-23(32)28-21-14-6-5-13(9-14)16(21)11-30/h2-4,7-8,10,13-14,16,21,30H,5-6,9,11H2,1H3,(H,27,31)(H2,26,28,29,32)/t13?,14-,16?,21?/m1/s1. The van der Waals surface area contributed by atoms with Gasteiger partial charge in [0.05, 0.1) is 20.9 Å². The molecule has 2 aliphatic carbocycles. The molecule has 2 fully saturated rings. The predicted molar refractivity (Wildman–Crippen MR) is 131 cm³/mol. The number of rotatable bonds is 5. The Labute approximate surface area is 200 Å². The molecule has 3 amide bonds. The average Bonchev–Trinajstić information content (AvgIpc) is 3.49. The molecule has 5 rings (SSSR count). The first-order valence-electron chi connectivity index (χ1n) is 11.1. The molecule has 4 atom stereocenters. The third-order valence-electron chi connectivity index (χ3n) is 6.93. The van der Waals surface area contributed by atoms with Crippen molar-refractivity contribution < 1.29 is 14.7 Å². The smallest absolute Gasteiger partial charge is 0.321 e. The molecule has 0 aliphatic heterocycles. The fourth-order valence-corrected chi connectivity index (χ4v) is 6.45. The first-order chi connectivity index (χ1) is 15.9. The maximum Gasteiger partial charge on any atom is 0.321 e. The number of fused-ring (bicyclic) bond motifs is 3. The van der Waals surface area contributed by atoms with Gasteiger partial charge in [-0.05, 0) is 67.9 Å². The molecule has 1 aromatic heterocycles. The Morgan fingerprint density at radius 1 is 1.18 bits per heavy atom. The molecule has 0 saturated heterocycles. The summed E-state index contributed by atoms with van der Waals surface area (Å²) in [6.07, 6.45) is 3.32. The van der Waals surface area contributed by atoms with Crippen LogP contribution in [0.2, 0.25) is 5.02 Å². The number of aliphatic hydroxyl groups is 1. The minimum atomic E-state index is -0.308. The number of benzene rings is 2. The van der Waals surface area contributed by atoms with Gasteiger partial charge in [-0.3, -0.25) is 10.1 Å². The van der Waals surface area contributed by atoms with Crippen LogP contribution in [0.4, 0.5) is 15.6 Å². The number of nitrogens with zero attached hydrogens (tertiary/aromatic N) is 1. The van der Waals surface area contributed by atoms with Crippen molar-refractivity contribution in [1.82, 2.24) is 10.3 Å². The minimum absolute atomic E-state index is 0.00620. The van der Waals surface area contributed by atoms with Gasteiger partial charge in [-0.15, -0.1) is 0 Å². The van der Waals surface area contributed by atoms with Crippen LogP contribution in [-0.4, -0.2) is 34.7 Å². The summed E-state index contributed by atoms with van der Waals surface area (Å²) < 4.78 is 0.794. The van der Waals surface area contributed by atoms with Crippen molar-refractivity contribution in [3.05, 3.63) is 52.5 Å². The lowest BCUT2D eigenvalue weighted by molar-refractivity contribution is 0.102. The van der Waals surface area contributed by atoms with Crippen molar-refractivity contribution in [3.8, 4) is 0 Å². The number of hydrogen-bond donors (Lipinski definition) is 4. The summed E-state index contributed by atoms with van der Waals surface area (Å²) in [5, 5.41) is 19.4. The lowest BCUT2D eigenvalue weighted by Crippen LogP contribution is -2.46. The maximum absolute atomic E-state index is 12.8. The monoisotopic (exact) mass is 484 g/mol. The molecule has 2 bridgehead atoms. The van der Waals surface area contributed by atoms with Gasteiger partial charge in [-0.1, -0.05) is 35.1 Å². The second-order valence-electron chi connectivity index (χ2n) is 8.89. The van der Waals surface area contributed by atoms with E-state index in [0.717, 1.165) is 29.5 Å². The van der Waals surface area contributed by atoms with Crippen LogP contribution in [0, 0.1) is 24.7 Å². The molecule has 3 unspecified atom stereocenters. The van der Waals surface area contributed by atoms with Crippen molar-refractivity contribution >= 4 is 55.9 Å². The van der Waals surface area contributed by atoms with Gasteiger partial charge in [0.2, 0.25) is 0 Å². The van der Waals surface area contributed by atoms with Crippen LogP contribution in [0.5, 0.6) is 0 Å². The summed E-state index contributed by atoms with van der Waals surface area (Å²) in [6, 6.07) is 10.4. The maximum atomic E-state index is 12.8. The van der Waals surface area contributed by atoms with E-state index in [9.17, 15) is 14.7 Å². The number of carbonyl (C=O) groups is 2. The topological polar surface area (TPSA) is 103 Å². The number of amides is 3. The summed E-state index contributed by atoms with van der Waals surface area (Å²) in [5.74, 6) is 0.816. The van der Waals surface area contributed by atoms with E-state index in [0.29, 0.717) is 38.8 Å². The minimum Gasteiger partial charge on any atom is -0.396 e. The molecule has 7 nitrogen and oxygen atoms in total. The molecule has 33 heavy (non-hydrogen) atoms. The average molecular weight is 485 g/mol. The summed E-state index contributed by atoms with van der Waals surface area (Å²) in [4.78, 5) is 29.9.